The first-order valence-electron chi connectivity index (χ1n) is 21.9. The van der Waals surface area contributed by atoms with Crippen molar-refractivity contribution in [3.05, 3.63) is 60.8 Å². The molecule has 12 nitrogen and oxygen atoms in total. The highest BCUT2D eigenvalue weighted by atomic mass is 31.2. The average Bonchev–Trinajstić information content (AvgIpc) is 3.47. The van der Waals surface area contributed by atoms with Crippen LogP contribution in [0.4, 0.5) is 0 Å². The summed E-state index contributed by atoms with van der Waals surface area (Å²) in [6.07, 6.45) is 34.8. The number of ketones is 1. The molecule has 5 N–H and O–H groups in total. The van der Waals surface area contributed by atoms with Gasteiger partial charge in [-0.3, -0.25) is 23.4 Å². The maximum absolute atomic E-state index is 12.7. The SMILES string of the molecule is CCCCCCCC/C=C\C/C=C\C/C=C\CCCC(=O)OC[C@H](COP(=O)(O)OCCN)OC(=O)CCC/C=C\C[C@H]1C(=O)C[C@@H](O)[C@@H]1/C=C/[C@@H](O)CCCCC. The van der Waals surface area contributed by atoms with Crippen molar-refractivity contribution < 1.29 is 52.6 Å². The van der Waals surface area contributed by atoms with Gasteiger partial charge in [-0.1, -0.05) is 126 Å². The van der Waals surface area contributed by atoms with Crippen LogP contribution in [0.1, 0.15) is 149 Å². The van der Waals surface area contributed by atoms with E-state index < -0.39 is 44.7 Å². The molecule has 0 bridgehead atoms. The van der Waals surface area contributed by atoms with Crippen LogP contribution < -0.4 is 5.73 Å². The number of rotatable bonds is 36. The van der Waals surface area contributed by atoms with E-state index in [1.54, 1.807) is 12.2 Å². The number of Topliss-reactive ketones (excluding diaryl/α,β-unsaturated/α-hetero) is 1. The fourth-order valence-corrected chi connectivity index (χ4v) is 7.16. The number of hydrogen-bond donors (Lipinski definition) is 4. The van der Waals surface area contributed by atoms with Crippen LogP contribution in [-0.4, -0.2) is 77.5 Å². The molecule has 0 aromatic carbocycles. The van der Waals surface area contributed by atoms with Crippen LogP contribution in [0.5, 0.6) is 0 Å². The lowest BCUT2D eigenvalue weighted by molar-refractivity contribution is -0.161. The molecular formula is C45H76NO11P. The topological polar surface area (TPSA) is 192 Å². The van der Waals surface area contributed by atoms with Gasteiger partial charge in [0.15, 0.2) is 6.10 Å². The predicted molar refractivity (Wildman–Crippen MR) is 230 cm³/mol. The summed E-state index contributed by atoms with van der Waals surface area (Å²) in [5.74, 6) is -1.85. The molecule has 13 heteroatoms. The van der Waals surface area contributed by atoms with Crippen molar-refractivity contribution in [1.29, 1.82) is 0 Å². The Labute approximate surface area is 349 Å². The molecule has 1 aliphatic carbocycles. The fraction of sp³-hybridized carbons (Fsp3) is 0.711. The second kappa shape index (κ2) is 35.1. The summed E-state index contributed by atoms with van der Waals surface area (Å²) in [5, 5.41) is 20.7. The van der Waals surface area contributed by atoms with E-state index in [1.165, 1.54) is 38.5 Å². The van der Waals surface area contributed by atoms with Crippen LogP contribution in [0.2, 0.25) is 0 Å². The van der Waals surface area contributed by atoms with Crippen molar-refractivity contribution in [2.75, 3.05) is 26.4 Å². The van der Waals surface area contributed by atoms with Gasteiger partial charge in [-0.25, -0.2) is 4.57 Å². The Morgan fingerprint density at radius 2 is 1.38 bits per heavy atom. The Bertz CT molecular complexity index is 1300. The van der Waals surface area contributed by atoms with Crippen molar-refractivity contribution in [3.8, 4) is 0 Å². The van der Waals surface area contributed by atoms with Crippen molar-refractivity contribution in [1.82, 2.24) is 0 Å². The van der Waals surface area contributed by atoms with Crippen molar-refractivity contribution >= 4 is 25.5 Å². The summed E-state index contributed by atoms with van der Waals surface area (Å²) in [6, 6.07) is 0. The molecule has 0 heterocycles. The van der Waals surface area contributed by atoms with Crippen molar-refractivity contribution in [2.45, 2.75) is 167 Å². The summed E-state index contributed by atoms with van der Waals surface area (Å²) >= 11 is 0. The van der Waals surface area contributed by atoms with Crippen LogP contribution in [0, 0.1) is 11.8 Å². The number of nitrogens with two attached hydrogens (primary N) is 1. The molecule has 1 aliphatic rings. The number of aliphatic hydroxyl groups excluding tert-OH is 2. The molecule has 1 unspecified atom stereocenters. The quantitative estimate of drug-likeness (QED) is 0.0203. The molecule has 0 radical (unpaired) electrons. The third-order valence-electron chi connectivity index (χ3n) is 9.74. The molecule has 1 rings (SSSR count). The predicted octanol–water partition coefficient (Wildman–Crippen LogP) is 9.08. The van der Waals surface area contributed by atoms with E-state index in [0.717, 1.165) is 38.5 Å². The van der Waals surface area contributed by atoms with Crippen molar-refractivity contribution in [3.63, 3.8) is 0 Å². The Morgan fingerprint density at radius 1 is 0.793 bits per heavy atom. The molecule has 0 aromatic heterocycles. The first-order valence-corrected chi connectivity index (χ1v) is 23.4. The normalized spacial score (nSPS) is 19.6. The lowest BCUT2D eigenvalue weighted by Gasteiger charge is -2.19. The maximum Gasteiger partial charge on any atom is 0.472 e. The summed E-state index contributed by atoms with van der Waals surface area (Å²) in [5.41, 5.74) is 5.33. The number of phosphoric ester groups is 1. The molecule has 0 aliphatic heterocycles. The van der Waals surface area contributed by atoms with E-state index in [1.807, 2.05) is 18.2 Å². The molecule has 0 aromatic rings. The molecule has 58 heavy (non-hydrogen) atoms. The summed E-state index contributed by atoms with van der Waals surface area (Å²) in [6.45, 7) is 3.23. The van der Waals surface area contributed by atoms with Gasteiger partial charge in [-0.05, 0) is 64.2 Å². The number of ether oxygens (including phenoxy) is 2. The molecule has 0 saturated heterocycles. The lowest BCUT2D eigenvalue weighted by atomic mass is 9.90. The first-order chi connectivity index (χ1) is 28.0. The van der Waals surface area contributed by atoms with Gasteiger partial charge in [0, 0.05) is 37.6 Å². The van der Waals surface area contributed by atoms with Gasteiger partial charge < -0.3 is 30.3 Å². The van der Waals surface area contributed by atoms with E-state index >= 15 is 0 Å². The van der Waals surface area contributed by atoms with Gasteiger partial charge >= 0.3 is 19.8 Å². The van der Waals surface area contributed by atoms with E-state index in [9.17, 15) is 34.1 Å². The highest BCUT2D eigenvalue weighted by molar-refractivity contribution is 7.47. The number of carbonyl (C=O) groups is 3. The zero-order valence-electron chi connectivity index (χ0n) is 35.5. The number of unbranched alkanes of at least 4 members (excludes halogenated alkanes) is 10. The molecule has 332 valence electrons. The summed E-state index contributed by atoms with van der Waals surface area (Å²) in [4.78, 5) is 47.6. The minimum Gasteiger partial charge on any atom is -0.462 e. The highest BCUT2D eigenvalue weighted by Crippen LogP contribution is 2.43. The molecular weight excluding hydrogens is 761 g/mol. The second-order valence-corrected chi connectivity index (χ2v) is 16.4. The minimum absolute atomic E-state index is 0.00114. The molecule has 1 fully saturated rings. The van der Waals surface area contributed by atoms with Crippen LogP contribution in [0.15, 0.2) is 60.8 Å². The Hall–Kier alpha value is -2.70. The first kappa shape index (κ1) is 53.3. The van der Waals surface area contributed by atoms with Crippen LogP contribution in [-0.2, 0) is 37.5 Å². The average molecular weight is 838 g/mol. The number of phosphoric acid groups is 1. The summed E-state index contributed by atoms with van der Waals surface area (Å²) in [7, 11) is -4.47. The van der Waals surface area contributed by atoms with Gasteiger partial charge in [0.25, 0.3) is 0 Å². The number of carbonyl (C=O) groups excluding carboxylic acids is 3. The van der Waals surface area contributed by atoms with Gasteiger partial charge in [0.1, 0.15) is 12.4 Å². The Kier molecular flexibility index (Phi) is 32.3. The smallest absolute Gasteiger partial charge is 0.462 e. The standard InChI is InChI=1S/C45H76NO11P/c1-3-5-7-8-9-10-11-12-13-14-15-16-17-18-19-20-25-29-44(50)54-36-39(37-56-58(52,53)55-34-33-46)57-45(51)30-26-22-21-24-28-40-41(43(49)35-42(40)48)32-31-38(47)27-23-6-4-2/h12-13,15-16,18-19,21,24,31-32,38-41,43,47,49H,3-11,14,17,20,22-23,25-30,33-37,46H2,1-2H3,(H,52,53)/b13-12-,16-15-,19-18-,24-21-,32-31+/t38-,39+,40+,41+,43+/m0/s1. The number of aliphatic hydroxyl groups is 2. The number of esters is 2. The number of hydrogen-bond acceptors (Lipinski definition) is 11. The van der Waals surface area contributed by atoms with Crippen LogP contribution in [0.25, 0.3) is 0 Å². The monoisotopic (exact) mass is 838 g/mol. The third kappa shape index (κ3) is 28.7. The van der Waals surface area contributed by atoms with Gasteiger partial charge in [-0.15, -0.1) is 0 Å². The second-order valence-electron chi connectivity index (χ2n) is 15.0. The molecule has 1 saturated carbocycles. The van der Waals surface area contributed by atoms with Crippen molar-refractivity contribution in [2.24, 2.45) is 17.6 Å². The van der Waals surface area contributed by atoms with Crippen LogP contribution in [0.3, 0.4) is 0 Å². The maximum atomic E-state index is 12.7. The lowest BCUT2D eigenvalue weighted by Crippen LogP contribution is -2.29. The van der Waals surface area contributed by atoms with Gasteiger partial charge in [0.2, 0.25) is 0 Å². The highest BCUT2D eigenvalue weighted by Gasteiger charge is 2.39. The largest absolute Gasteiger partial charge is 0.472 e. The molecule has 0 amide bonds. The van der Waals surface area contributed by atoms with Gasteiger partial charge in [-0.2, -0.15) is 0 Å². The number of allylic oxidation sites excluding steroid dienone is 8. The van der Waals surface area contributed by atoms with E-state index in [2.05, 4.69) is 44.2 Å². The minimum atomic E-state index is -4.47. The zero-order valence-corrected chi connectivity index (χ0v) is 36.4. The van der Waals surface area contributed by atoms with E-state index in [-0.39, 0.29) is 56.6 Å². The molecule has 0 spiro atoms. The third-order valence-corrected chi connectivity index (χ3v) is 10.7. The van der Waals surface area contributed by atoms with Gasteiger partial charge in [0.05, 0.1) is 25.4 Å². The Balaban J connectivity index is 2.45. The zero-order chi connectivity index (χ0) is 42.7. The van der Waals surface area contributed by atoms with E-state index in [4.69, 9.17) is 24.3 Å². The molecule has 6 atom stereocenters. The summed E-state index contributed by atoms with van der Waals surface area (Å²) < 4.78 is 32.7. The fourth-order valence-electron chi connectivity index (χ4n) is 6.39. The van der Waals surface area contributed by atoms with Crippen LogP contribution >= 0.6 is 7.82 Å². The van der Waals surface area contributed by atoms with E-state index in [0.29, 0.717) is 38.5 Å². The Morgan fingerprint density at radius 3 is 2.05 bits per heavy atom.